The Morgan fingerprint density at radius 1 is 1.29 bits per heavy atom. The van der Waals surface area contributed by atoms with Gasteiger partial charge in [-0.2, -0.15) is 0 Å². The summed E-state index contributed by atoms with van der Waals surface area (Å²) in [5.41, 5.74) is 0. The molecule has 0 amide bonds. The van der Waals surface area contributed by atoms with E-state index >= 15 is 0 Å². The van der Waals surface area contributed by atoms with E-state index in [1.54, 1.807) is 7.05 Å². The molecule has 0 bridgehead atoms. The fourth-order valence-corrected chi connectivity index (χ4v) is 5.27. The second-order valence-electron chi connectivity index (χ2n) is 5.64. The van der Waals surface area contributed by atoms with Crippen molar-refractivity contribution in [2.75, 3.05) is 7.05 Å². The SMILES string of the molecule is CCC1CCC(NC)C(S(=O)(=O)c2ccc(F)cc2F)C1. The summed E-state index contributed by atoms with van der Waals surface area (Å²) in [5, 5.41) is 2.36. The van der Waals surface area contributed by atoms with Crippen molar-refractivity contribution in [3.63, 3.8) is 0 Å². The molecule has 3 unspecified atom stereocenters. The molecule has 1 fully saturated rings. The van der Waals surface area contributed by atoms with Crippen LogP contribution < -0.4 is 5.32 Å². The van der Waals surface area contributed by atoms with Crippen molar-refractivity contribution >= 4 is 9.84 Å². The number of hydrogen-bond donors (Lipinski definition) is 1. The third-order valence-corrected chi connectivity index (χ3v) is 6.71. The summed E-state index contributed by atoms with van der Waals surface area (Å²) in [5.74, 6) is -1.45. The van der Waals surface area contributed by atoms with Gasteiger partial charge in [-0.05, 0) is 44.4 Å². The largest absolute Gasteiger partial charge is 0.316 e. The van der Waals surface area contributed by atoms with Crippen LogP contribution >= 0.6 is 0 Å². The van der Waals surface area contributed by atoms with Crippen molar-refractivity contribution in [2.24, 2.45) is 5.92 Å². The van der Waals surface area contributed by atoms with Gasteiger partial charge in [0, 0.05) is 12.1 Å². The summed E-state index contributed by atoms with van der Waals surface area (Å²) in [4.78, 5) is -0.397. The van der Waals surface area contributed by atoms with E-state index < -0.39 is 31.6 Å². The highest BCUT2D eigenvalue weighted by Crippen LogP contribution is 2.34. The average molecular weight is 317 g/mol. The van der Waals surface area contributed by atoms with E-state index in [1.165, 1.54) is 0 Å². The molecule has 0 spiro atoms. The summed E-state index contributed by atoms with van der Waals surface area (Å²) < 4.78 is 52.4. The molecule has 3 atom stereocenters. The number of sulfone groups is 1. The first kappa shape index (κ1) is 16.4. The molecule has 1 aliphatic carbocycles. The zero-order valence-electron chi connectivity index (χ0n) is 12.3. The molecular formula is C15H21F2NO2S. The van der Waals surface area contributed by atoms with Gasteiger partial charge in [0.2, 0.25) is 0 Å². The fourth-order valence-electron chi connectivity index (χ4n) is 3.12. The lowest BCUT2D eigenvalue weighted by Crippen LogP contribution is -2.47. The van der Waals surface area contributed by atoms with Crippen molar-refractivity contribution < 1.29 is 17.2 Å². The van der Waals surface area contributed by atoms with Gasteiger partial charge in [-0.25, -0.2) is 17.2 Å². The molecule has 1 N–H and O–H groups in total. The van der Waals surface area contributed by atoms with Crippen LogP contribution in [-0.2, 0) is 9.84 Å². The maximum atomic E-state index is 13.9. The summed E-state index contributed by atoms with van der Waals surface area (Å²) >= 11 is 0. The lowest BCUT2D eigenvalue weighted by Gasteiger charge is -2.35. The Morgan fingerprint density at radius 3 is 2.57 bits per heavy atom. The van der Waals surface area contributed by atoms with Crippen molar-refractivity contribution in [2.45, 2.75) is 48.8 Å². The zero-order valence-corrected chi connectivity index (χ0v) is 13.1. The minimum absolute atomic E-state index is 0.192. The molecule has 0 radical (unpaired) electrons. The predicted octanol–water partition coefficient (Wildman–Crippen LogP) is 2.91. The molecule has 1 aromatic carbocycles. The van der Waals surface area contributed by atoms with Crippen molar-refractivity contribution in [3.8, 4) is 0 Å². The topological polar surface area (TPSA) is 46.2 Å². The number of rotatable bonds is 4. The molecule has 118 valence electrons. The van der Waals surface area contributed by atoms with Gasteiger partial charge >= 0.3 is 0 Å². The van der Waals surface area contributed by atoms with Crippen molar-refractivity contribution in [1.29, 1.82) is 0 Å². The Labute approximate surface area is 124 Å². The molecule has 1 saturated carbocycles. The Balaban J connectivity index is 2.40. The van der Waals surface area contributed by atoms with Crippen LogP contribution in [0.2, 0.25) is 0 Å². The van der Waals surface area contributed by atoms with Gasteiger partial charge in [0.15, 0.2) is 9.84 Å². The Morgan fingerprint density at radius 2 is 2.00 bits per heavy atom. The van der Waals surface area contributed by atoms with E-state index in [0.717, 1.165) is 31.4 Å². The van der Waals surface area contributed by atoms with Gasteiger partial charge in [-0.3, -0.25) is 0 Å². The molecule has 1 aliphatic rings. The van der Waals surface area contributed by atoms with Crippen LogP contribution in [0.25, 0.3) is 0 Å². The number of benzene rings is 1. The zero-order chi connectivity index (χ0) is 15.6. The lowest BCUT2D eigenvalue weighted by molar-refractivity contribution is 0.296. The van der Waals surface area contributed by atoms with Crippen LogP contribution in [0, 0.1) is 17.6 Å². The maximum absolute atomic E-state index is 13.9. The molecular weight excluding hydrogens is 296 g/mol. The van der Waals surface area contributed by atoms with Crippen LogP contribution in [0.15, 0.2) is 23.1 Å². The molecule has 6 heteroatoms. The summed E-state index contributed by atoms with van der Waals surface area (Å²) in [6.07, 6.45) is 3.15. The van der Waals surface area contributed by atoms with E-state index in [0.29, 0.717) is 18.4 Å². The van der Waals surface area contributed by atoms with Crippen molar-refractivity contribution in [3.05, 3.63) is 29.8 Å². The quantitative estimate of drug-likeness (QED) is 0.869. The van der Waals surface area contributed by atoms with Crippen LogP contribution in [-0.4, -0.2) is 26.8 Å². The number of nitrogens with one attached hydrogen (secondary N) is 1. The van der Waals surface area contributed by atoms with Gasteiger partial charge in [-0.1, -0.05) is 13.3 Å². The minimum atomic E-state index is -3.82. The molecule has 1 aromatic rings. The molecule has 2 rings (SSSR count). The lowest BCUT2D eigenvalue weighted by atomic mass is 9.84. The second kappa shape index (κ2) is 6.40. The fraction of sp³-hybridized carbons (Fsp3) is 0.600. The monoisotopic (exact) mass is 317 g/mol. The molecule has 0 aromatic heterocycles. The van der Waals surface area contributed by atoms with Gasteiger partial charge < -0.3 is 5.32 Å². The Kier molecular flexibility index (Phi) is 4.99. The van der Waals surface area contributed by atoms with Crippen LogP contribution in [0.5, 0.6) is 0 Å². The van der Waals surface area contributed by atoms with E-state index in [9.17, 15) is 17.2 Å². The van der Waals surface area contributed by atoms with Crippen LogP contribution in [0.4, 0.5) is 8.78 Å². The smallest absolute Gasteiger partial charge is 0.185 e. The molecule has 0 aliphatic heterocycles. The van der Waals surface area contributed by atoms with E-state index in [4.69, 9.17) is 0 Å². The Bertz CT molecular complexity index is 604. The van der Waals surface area contributed by atoms with Crippen LogP contribution in [0.1, 0.15) is 32.6 Å². The van der Waals surface area contributed by atoms with Gasteiger partial charge in [0.05, 0.1) is 5.25 Å². The third-order valence-electron chi connectivity index (χ3n) is 4.45. The highest BCUT2D eigenvalue weighted by Gasteiger charge is 2.39. The van der Waals surface area contributed by atoms with E-state index in [2.05, 4.69) is 5.32 Å². The first-order valence-corrected chi connectivity index (χ1v) is 8.81. The van der Waals surface area contributed by atoms with Gasteiger partial charge in [0.1, 0.15) is 16.5 Å². The maximum Gasteiger partial charge on any atom is 0.185 e. The standard InChI is InChI=1S/C15H21F2NO2S/c1-3-10-4-6-13(18-2)15(8-10)21(19,20)14-7-5-11(16)9-12(14)17/h5,7,9-10,13,15,18H,3-4,6,8H2,1-2H3. The van der Waals surface area contributed by atoms with Crippen molar-refractivity contribution in [1.82, 2.24) is 5.32 Å². The third kappa shape index (κ3) is 3.26. The predicted molar refractivity (Wildman–Crippen MR) is 77.8 cm³/mol. The van der Waals surface area contributed by atoms with Gasteiger partial charge in [0.25, 0.3) is 0 Å². The molecule has 3 nitrogen and oxygen atoms in total. The normalized spacial score (nSPS) is 26.8. The highest BCUT2D eigenvalue weighted by molar-refractivity contribution is 7.92. The number of hydrogen-bond acceptors (Lipinski definition) is 3. The molecule has 0 heterocycles. The average Bonchev–Trinajstić information content (AvgIpc) is 2.46. The first-order valence-electron chi connectivity index (χ1n) is 7.26. The highest BCUT2D eigenvalue weighted by atomic mass is 32.2. The molecule has 0 saturated heterocycles. The first-order chi connectivity index (χ1) is 9.90. The summed E-state index contributed by atoms with van der Waals surface area (Å²) in [7, 11) is -2.10. The molecule has 21 heavy (non-hydrogen) atoms. The van der Waals surface area contributed by atoms with Gasteiger partial charge in [-0.15, -0.1) is 0 Å². The summed E-state index contributed by atoms with van der Waals surface area (Å²) in [6, 6.07) is 2.45. The van der Waals surface area contributed by atoms with E-state index in [1.807, 2.05) is 6.92 Å². The Hall–Kier alpha value is -1.01. The second-order valence-corrected chi connectivity index (χ2v) is 7.78. The van der Waals surface area contributed by atoms with E-state index in [-0.39, 0.29) is 6.04 Å². The minimum Gasteiger partial charge on any atom is -0.316 e. The van der Waals surface area contributed by atoms with Crippen LogP contribution in [0.3, 0.4) is 0 Å². The summed E-state index contributed by atoms with van der Waals surface area (Å²) in [6.45, 7) is 2.03. The number of halogens is 2.